The Labute approximate surface area is 122 Å². The lowest BCUT2D eigenvalue weighted by atomic mass is 9.95. The first-order chi connectivity index (χ1) is 8.99. The van der Waals surface area contributed by atoms with Crippen LogP contribution in [-0.4, -0.2) is 24.5 Å². The predicted molar refractivity (Wildman–Crippen MR) is 84.5 cm³/mol. The van der Waals surface area contributed by atoms with Crippen molar-refractivity contribution in [2.24, 2.45) is 11.7 Å². The van der Waals surface area contributed by atoms with Gasteiger partial charge in [0.05, 0.1) is 0 Å². The second kappa shape index (κ2) is 7.88. The fraction of sp³-hybridized carbons (Fsp3) is 0.625. The predicted octanol–water partition coefficient (Wildman–Crippen LogP) is 4.10. The van der Waals surface area contributed by atoms with Crippen molar-refractivity contribution in [1.82, 2.24) is 4.90 Å². The molecule has 0 radical (unpaired) electrons. The van der Waals surface area contributed by atoms with E-state index in [2.05, 4.69) is 44.9 Å². The van der Waals surface area contributed by atoms with Crippen molar-refractivity contribution in [3.05, 3.63) is 34.9 Å². The van der Waals surface area contributed by atoms with Crippen LogP contribution >= 0.6 is 11.6 Å². The first-order valence-electron chi connectivity index (χ1n) is 7.20. The summed E-state index contributed by atoms with van der Waals surface area (Å²) in [6.07, 6.45) is 2.16. The summed E-state index contributed by atoms with van der Waals surface area (Å²) in [7, 11) is 2.17. The van der Waals surface area contributed by atoms with E-state index in [0.29, 0.717) is 5.92 Å². The molecule has 3 unspecified atom stereocenters. The Bertz CT molecular complexity index is 364. The number of nitrogens with zero attached hydrogens (tertiary/aromatic N) is 1. The number of hydrogen-bond donors (Lipinski definition) is 1. The summed E-state index contributed by atoms with van der Waals surface area (Å²) in [6, 6.07) is 8.49. The van der Waals surface area contributed by atoms with Gasteiger partial charge in [0.2, 0.25) is 0 Å². The van der Waals surface area contributed by atoms with Crippen LogP contribution in [0.4, 0.5) is 0 Å². The smallest absolute Gasteiger partial charge is 0.0496 e. The van der Waals surface area contributed by atoms with Crippen molar-refractivity contribution in [3.63, 3.8) is 0 Å². The monoisotopic (exact) mass is 282 g/mol. The molecule has 0 fully saturated rings. The lowest BCUT2D eigenvalue weighted by Gasteiger charge is -2.34. The third-order valence-corrected chi connectivity index (χ3v) is 4.11. The van der Waals surface area contributed by atoms with Gasteiger partial charge in [0.25, 0.3) is 0 Å². The summed E-state index contributed by atoms with van der Waals surface area (Å²) >= 11 is 5.97. The van der Waals surface area contributed by atoms with E-state index in [1.54, 1.807) is 0 Å². The highest BCUT2D eigenvalue weighted by atomic mass is 35.5. The van der Waals surface area contributed by atoms with Crippen LogP contribution in [-0.2, 0) is 0 Å². The Morgan fingerprint density at radius 2 is 1.74 bits per heavy atom. The number of halogens is 1. The highest BCUT2D eigenvalue weighted by Gasteiger charge is 2.23. The molecule has 0 amide bonds. The fourth-order valence-corrected chi connectivity index (χ4v) is 2.57. The maximum atomic E-state index is 6.33. The average molecular weight is 283 g/mol. The summed E-state index contributed by atoms with van der Waals surface area (Å²) in [5.41, 5.74) is 7.58. The van der Waals surface area contributed by atoms with E-state index in [1.165, 1.54) is 12.0 Å². The van der Waals surface area contributed by atoms with E-state index in [1.807, 2.05) is 12.1 Å². The normalized spacial score (nSPS) is 16.4. The van der Waals surface area contributed by atoms with Gasteiger partial charge >= 0.3 is 0 Å². The molecule has 3 heteroatoms. The zero-order valence-corrected chi connectivity index (χ0v) is 13.3. The first kappa shape index (κ1) is 16.5. The molecule has 0 saturated heterocycles. The molecule has 0 aliphatic rings. The van der Waals surface area contributed by atoms with E-state index in [4.69, 9.17) is 17.3 Å². The summed E-state index contributed by atoms with van der Waals surface area (Å²) < 4.78 is 0. The maximum absolute atomic E-state index is 6.33. The molecule has 0 aromatic heterocycles. The zero-order chi connectivity index (χ0) is 14.4. The van der Waals surface area contributed by atoms with Crippen molar-refractivity contribution < 1.29 is 0 Å². The number of rotatable bonds is 7. The van der Waals surface area contributed by atoms with Gasteiger partial charge in [0, 0.05) is 23.7 Å². The Morgan fingerprint density at radius 1 is 1.16 bits per heavy atom. The van der Waals surface area contributed by atoms with Crippen LogP contribution in [0.15, 0.2) is 24.3 Å². The van der Waals surface area contributed by atoms with Crippen LogP contribution in [0.5, 0.6) is 0 Å². The third-order valence-electron chi connectivity index (χ3n) is 3.86. The molecule has 108 valence electrons. The lowest BCUT2D eigenvalue weighted by molar-refractivity contribution is 0.183. The van der Waals surface area contributed by atoms with Crippen molar-refractivity contribution in [2.75, 3.05) is 13.6 Å². The van der Waals surface area contributed by atoms with Crippen molar-refractivity contribution in [2.45, 2.75) is 45.7 Å². The van der Waals surface area contributed by atoms with Crippen LogP contribution in [0.3, 0.4) is 0 Å². The largest absolute Gasteiger partial charge is 0.326 e. The van der Waals surface area contributed by atoms with E-state index in [0.717, 1.165) is 18.0 Å². The fourth-order valence-electron chi connectivity index (χ4n) is 2.45. The number of nitrogens with two attached hydrogens (primary N) is 1. The van der Waals surface area contributed by atoms with Crippen molar-refractivity contribution in [3.8, 4) is 0 Å². The summed E-state index contributed by atoms with van der Waals surface area (Å²) in [5.74, 6) is 0.684. The Balaban J connectivity index is 2.91. The van der Waals surface area contributed by atoms with Crippen LogP contribution in [0.2, 0.25) is 5.02 Å². The van der Waals surface area contributed by atoms with Gasteiger partial charge in [-0.05, 0) is 37.1 Å². The summed E-state index contributed by atoms with van der Waals surface area (Å²) in [5, 5.41) is 0.775. The molecular formula is C16H27ClN2. The quantitative estimate of drug-likeness (QED) is 0.816. The molecule has 0 bridgehead atoms. The lowest BCUT2D eigenvalue weighted by Crippen LogP contribution is -2.40. The summed E-state index contributed by atoms with van der Waals surface area (Å²) in [4.78, 5) is 2.38. The van der Waals surface area contributed by atoms with Gasteiger partial charge in [0.15, 0.2) is 0 Å². The van der Waals surface area contributed by atoms with E-state index in [-0.39, 0.29) is 12.1 Å². The Kier molecular flexibility index (Phi) is 6.84. The Morgan fingerprint density at radius 3 is 2.21 bits per heavy atom. The van der Waals surface area contributed by atoms with Gasteiger partial charge in [-0.15, -0.1) is 0 Å². The second-order valence-electron chi connectivity index (χ2n) is 5.52. The Hall–Kier alpha value is -0.570. The maximum Gasteiger partial charge on any atom is 0.0496 e. The standard InChI is InChI=1S/C16H27ClN2/c1-5-12(3)11-19(4)16(15(18)6-2)13-7-9-14(17)10-8-13/h7-10,12,15-16H,5-6,11,18H2,1-4H3. The molecule has 0 aliphatic heterocycles. The van der Waals surface area contributed by atoms with Gasteiger partial charge in [-0.2, -0.15) is 0 Å². The van der Waals surface area contributed by atoms with Gasteiger partial charge < -0.3 is 5.73 Å². The van der Waals surface area contributed by atoms with Crippen molar-refractivity contribution in [1.29, 1.82) is 0 Å². The molecule has 2 nitrogen and oxygen atoms in total. The highest BCUT2D eigenvalue weighted by Crippen LogP contribution is 2.26. The van der Waals surface area contributed by atoms with Crippen LogP contribution in [0.25, 0.3) is 0 Å². The van der Waals surface area contributed by atoms with E-state index < -0.39 is 0 Å². The van der Waals surface area contributed by atoms with Crippen molar-refractivity contribution >= 4 is 11.6 Å². The van der Waals surface area contributed by atoms with Gasteiger partial charge in [-0.3, -0.25) is 4.90 Å². The topological polar surface area (TPSA) is 29.3 Å². The minimum atomic E-state index is 0.148. The molecule has 19 heavy (non-hydrogen) atoms. The van der Waals surface area contributed by atoms with Crippen LogP contribution in [0.1, 0.15) is 45.2 Å². The minimum Gasteiger partial charge on any atom is -0.326 e. The van der Waals surface area contributed by atoms with E-state index in [9.17, 15) is 0 Å². The first-order valence-corrected chi connectivity index (χ1v) is 7.58. The second-order valence-corrected chi connectivity index (χ2v) is 5.96. The molecular weight excluding hydrogens is 256 g/mol. The SMILES string of the molecule is CCC(C)CN(C)C(c1ccc(Cl)cc1)C(N)CC. The summed E-state index contributed by atoms with van der Waals surface area (Å²) in [6.45, 7) is 7.73. The average Bonchev–Trinajstić information content (AvgIpc) is 2.40. The van der Waals surface area contributed by atoms with Gasteiger partial charge in [-0.25, -0.2) is 0 Å². The van der Waals surface area contributed by atoms with Crippen LogP contribution in [0, 0.1) is 5.92 Å². The zero-order valence-electron chi connectivity index (χ0n) is 12.6. The molecule has 0 saturated carbocycles. The third kappa shape index (κ3) is 4.79. The molecule has 1 aromatic rings. The van der Waals surface area contributed by atoms with Gasteiger partial charge in [0.1, 0.15) is 0 Å². The molecule has 0 heterocycles. The van der Waals surface area contributed by atoms with Crippen LogP contribution < -0.4 is 5.73 Å². The molecule has 2 N–H and O–H groups in total. The van der Waals surface area contributed by atoms with Gasteiger partial charge in [-0.1, -0.05) is 50.9 Å². The highest BCUT2D eigenvalue weighted by molar-refractivity contribution is 6.30. The molecule has 1 rings (SSSR count). The minimum absolute atomic E-state index is 0.148. The molecule has 0 aliphatic carbocycles. The number of hydrogen-bond acceptors (Lipinski definition) is 2. The molecule has 0 spiro atoms. The number of benzene rings is 1. The number of likely N-dealkylation sites (N-methyl/N-ethyl adjacent to an activating group) is 1. The van der Waals surface area contributed by atoms with E-state index >= 15 is 0 Å². The molecule has 3 atom stereocenters. The molecule has 1 aromatic carbocycles.